The van der Waals surface area contributed by atoms with Crippen molar-refractivity contribution >= 4 is 29.0 Å². The fraction of sp³-hybridized carbons (Fsp3) is 0.471. The molecule has 1 heterocycles. The molecule has 4 rings (SSSR count). The van der Waals surface area contributed by atoms with Gasteiger partial charge in [-0.2, -0.15) is 0 Å². The number of rotatable bonds is 8. The molecule has 1 N–H and O–H groups in total. The largest absolute Gasteiger partial charge is 0.496 e. The lowest BCUT2D eigenvalue weighted by molar-refractivity contribution is -0.384. The van der Waals surface area contributed by atoms with E-state index in [-0.39, 0.29) is 23.0 Å². The minimum atomic E-state index is -0.545. The van der Waals surface area contributed by atoms with Crippen LogP contribution in [0.5, 0.6) is 5.75 Å². The minimum Gasteiger partial charge on any atom is -0.496 e. The first-order valence-corrected chi connectivity index (χ1v) is 9.75. The fourth-order valence-electron chi connectivity index (χ4n) is 2.89. The Balaban J connectivity index is 1.43. The van der Waals surface area contributed by atoms with E-state index in [2.05, 4.69) is 20.1 Å². The molecule has 2 aromatic rings. The number of anilines is 1. The molecule has 0 unspecified atom stereocenters. The molecule has 27 heavy (non-hydrogen) atoms. The van der Waals surface area contributed by atoms with Crippen molar-refractivity contribution in [1.82, 2.24) is 14.8 Å². The van der Waals surface area contributed by atoms with Crippen molar-refractivity contribution < 1.29 is 14.5 Å². The molecule has 142 valence electrons. The maximum absolute atomic E-state index is 12.3. The molecule has 0 spiro atoms. The third kappa shape index (κ3) is 3.90. The third-order valence-corrected chi connectivity index (χ3v) is 5.50. The summed E-state index contributed by atoms with van der Waals surface area (Å²) in [5, 5.41) is 23.1. The Morgan fingerprint density at radius 2 is 2.15 bits per heavy atom. The Bertz CT molecular complexity index is 891. The van der Waals surface area contributed by atoms with Crippen LogP contribution in [0, 0.1) is 10.1 Å². The van der Waals surface area contributed by atoms with Crippen molar-refractivity contribution in [2.75, 3.05) is 18.2 Å². The smallest absolute Gasteiger partial charge is 0.296 e. The molecular formula is C17H19N5O4S. The van der Waals surface area contributed by atoms with E-state index in [1.54, 1.807) is 6.07 Å². The predicted octanol–water partition coefficient (Wildman–Crippen LogP) is 3.14. The summed E-state index contributed by atoms with van der Waals surface area (Å²) in [5.74, 6) is 1.68. The van der Waals surface area contributed by atoms with E-state index >= 15 is 0 Å². The van der Waals surface area contributed by atoms with Crippen molar-refractivity contribution in [3.63, 3.8) is 0 Å². The summed E-state index contributed by atoms with van der Waals surface area (Å²) in [6.45, 7) is 0. The van der Waals surface area contributed by atoms with Crippen LogP contribution in [-0.4, -0.2) is 38.5 Å². The second-order valence-electron chi connectivity index (χ2n) is 6.69. The second kappa shape index (κ2) is 7.18. The number of thioether (sulfide) groups is 1. The Morgan fingerprint density at radius 1 is 1.37 bits per heavy atom. The molecule has 0 radical (unpaired) electrons. The average Bonchev–Trinajstić information content (AvgIpc) is 3.58. The topological polar surface area (TPSA) is 112 Å². The molecule has 10 heteroatoms. The van der Waals surface area contributed by atoms with Gasteiger partial charge in [0.15, 0.2) is 5.16 Å². The van der Waals surface area contributed by atoms with Gasteiger partial charge in [0.2, 0.25) is 5.91 Å². The number of nitro benzene ring substituents is 1. The summed E-state index contributed by atoms with van der Waals surface area (Å²) in [6, 6.07) is 4.77. The summed E-state index contributed by atoms with van der Waals surface area (Å²) in [4.78, 5) is 23.0. The number of benzene rings is 1. The highest BCUT2D eigenvalue weighted by atomic mass is 32.2. The van der Waals surface area contributed by atoms with Gasteiger partial charge in [-0.1, -0.05) is 11.8 Å². The number of methoxy groups -OCH3 is 1. The lowest BCUT2D eigenvalue weighted by atomic mass is 10.2. The molecule has 2 fully saturated rings. The summed E-state index contributed by atoms with van der Waals surface area (Å²) < 4.78 is 7.17. The van der Waals surface area contributed by atoms with E-state index in [4.69, 9.17) is 4.74 Å². The van der Waals surface area contributed by atoms with Gasteiger partial charge in [-0.25, -0.2) is 0 Å². The van der Waals surface area contributed by atoms with Crippen LogP contribution in [0.4, 0.5) is 11.4 Å². The highest BCUT2D eigenvalue weighted by Gasteiger charge is 2.36. The van der Waals surface area contributed by atoms with Gasteiger partial charge in [-0.3, -0.25) is 14.9 Å². The number of carbonyl (C=O) groups is 1. The van der Waals surface area contributed by atoms with Gasteiger partial charge < -0.3 is 14.6 Å². The van der Waals surface area contributed by atoms with Crippen molar-refractivity contribution in [1.29, 1.82) is 0 Å². The number of nitrogens with one attached hydrogen (secondary N) is 1. The van der Waals surface area contributed by atoms with E-state index in [9.17, 15) is 14.9 Å². The number of nitro groups is 1. The van der Waals surface area contributed by atoms with Gasteiger partial charge in [0, 0.05) is 12.0 Å². The molecule has 9 nitrogen and oxygen atoms in total. The number of carbonyl (C=O) groups excluding carboxylic acids is 1. The molecule has 0 aliphatic heterocycles. The second-order valence-corrected chi connectivity index (χ2v) is 7.64. The summed E-state index contributed by atoms with van der Waals surface area (Å²) in [6.07, 6.45) is 4.54. The van der Waals surface area contributed by atoms with Crippen LogP contribution in [0.15, 0.2) is 23.4 Å². The van der Waals surface area contributed by atoms with Crippen LogP contribution in [-0.2, 0) is 4.79 Å². The van der Waals surface area contributed by atoms with Crippen molar-refractivity contribution in [2.45, 2.75) is 42.8 Å². The van der Waals surface area contributed by atoms with E-state index < -0.39 is 4.92 Å². The number of amides is 1. The van der Waals surface area contributed by atoms with Crippen molar-refractivity contribution in [3.05, 3.63) is 34.1 Å². The third-order valence-electron chi connectivity index (χ3n) is 4.55. The zero-order valence-electron chi connectivity index (χ0n) is 14.8. The summed E-state index contributed by atoms with van der Waals surface area (Å²) in [7, 11) is 1.43. The Morgan fingerprint density at radius 3 is 2.78 bits per heavy atom. The Kier molecular flexibility index (Phi) is 4.73. The molecule has 2 aliphatic carbocycles. The summed E-state index contributed by atoms with van der Waals surface area (Å²) in [5.41, 5.74) is -0.0569. The summed E-state index contributed by atoms with van der Waals surface area (Å²) >= 11 is 1.31. The van der Waals surface area contributed by atoms with Crippen molar-refractivity contribution in [2.24, 2.45) is 0 Å². The lowest BCUT2D eigenvalue weighted by Crippen LogP contribution is -2.15. The number of ether oxygens (including phenoxy) is 1. The van der Waals surface area contributed by atoms with Gasteiger partial charge in [0.05, 0.1) is 23.9 Å². The Labute approximate surface area is 159 Å². The van der Waals surface area contributed by atoms with E-state index in [0.29, 0.717) is 17.7 Å². The zero-order valence-corrected chi connectivity index (χ0v) is 15.6. The molecular weight excluding hydrogens is 370 g/mol. The Hall–Kier alpha value is -2.62. The number of aromatic nitrogens is 3. The van der Waals surface area contributed by atoms with Crippen LogP contribution >= 0.6 is 11.8 Å². The number of hydrogen-bond acceptors (Lipinski definition) is 7. The van der Waals surface area contributed by atoms with E-state index in [0.717, 1.165) is 36.7 Å². The quantitative estimate of drug-likeness (QED) is 0.419. The molecule has 2 saturated carbocycles. The molecule has 1 amide bonds. The van der Waals surface area contributed by atoms with Crippen LogP contribution in [0.25, 0.3) is 0 Å². The number of nitrogens with zero attached hydrogens (tertiary/aromatic N) is 4. The van der Waals surface area contributed by atoms with Crippen LogP contribution in [0.3, 0.4) is 0 Å². The first-order chi connectivity index (χ1) is 13.1. The van der Waals surface area contributed by atoms with Gasteiger partial charge in [0.25, 0.3) is 5.69 Å². The van der Waals surface area contributed by atoms with Crippen molar-refractivity contribution in [3.8, 4) is 5.75 Å². The molecule has 1 aromatic heterocycles. The molecule has 0 saturated heterocycles. The monoisotopic (exact) mass is 389 g/mol. The van der Waals surface area contributed by atoms with E-state index in [1.165, 1.54) is 31.0 Å². The SMILES string of the molecule is COc1ccc(NC(=O)CSc2nnc(C3CC3)n2C2CC2)c([N+](=O)[O-])c1. The fourth-order valence-corrected chi connectivity index (χ4v) is 3.71. The first-order valence-electron chi connectivity index (χ1n) is 8.76. The normalized spacial score (nSPS) is 16.2. The standard InChI is InChI=1S/C17H19N5O4S/c1-26-12-6-7-13(14(8-12)22(24)25)18-15(23)9-27-17-20-19-16(10-2-3-10)21(17)11-4-5-11/h6-8,10-11H,2-5,9H2,1H3,(H,18,23). The maximum Gasteiger partial charge on any atom is 0.296 e. The molecule has 0 atom stereocenters. The minimum absolute atomic E-state index is 0.110. The van der Waals surface area contributed by atoms with Gasteiger partial charge in [-0.15, -0.1) is 10.2 Å². The van der Waals surface area contributed by atoms with Gasteiger partial charge in [0.1, 0.15) is 17.3 Å². The van der Waals surface area contributed by atoms with E-state index in [1.807, 2.05) is 0 Å². The van der Waals surface area contributed by atoms with Gasteiger partial charge in [-0.05, 0) is 37.8 Å². The number of hydrogen-bond donors (Lipinski definition) is 1. The molecule has 1 aromatic carbocycles. The van der Waals surface area contributed by atoms with Crippen LogP contribution in [0.1, 0.15) is 43.5 Å². The van der Waals surface area contributed by atoms with Crippen LogP contribution in [0.2, 0.25) is 0 Å². The predicted molar refractivity (Wildman–Crippen MR) is 99.3 cm³/mol. The van der Waals surface area contributed by atoms with Gasteiger partial charge >= 0.3 is 0 Å². The molecule has 2 aliphatic rings. The van der Waals surface area contributed by atoms with Crippen LogP contribution < -0.4 is 10.1 Å². The zero-order chi connectivity index (χ0) is 19.0. The maximum atomic E-state index is 12.3. The lowest BCUT2D eigenvalue weighted by Gasteiger charge is -2.09. The highest BCUT2D eigenvalue weighted by Crippen LogP contribution is 2.46. The average molecular weight is 389 g/mol. The molecule has 0 bridgehead atoms. The highest BCUT2D eigenvalue weighted by molar-refractivity contribution is 7.99. The first kappa shape index (κ1) is 17.8.